The number of nitriles is 1. The monoisotopic (exact) mass is 282 g/mol. The van der Waals surface area contributed by atoms with Gasteiger partial charge in [0.15, 0.2) is 0 Å². The van der Waals surface area contributed by atoms with Gasteiger partial charge in [0.05, 0.1) is 24.5 Å². The molecule has 0 saturated carbocycles. The largest absolute Gasteiger partial charge is 0.378 e. The zero-order chi connectivity index (χ0) is 14.3. The molecule has 0 saturated heterocycles. The molecule has 0 aliphatic heterocycles. The van der Waals surface area contributed by atoms with Crippen molar-refractivity contribution in [2.24, 2.45) is 0 Å². The predicted octanol–water partition coefficient (Wildman–Crippen LogP) is 1.60. The van der Waals surface area contributed by atoms with E-state index in [1.807, 2.05) is 26.0 Å². The molecule has 19 heavy (non-hydrogen) atoms. The van der Waals surface area contributed by atoms with Crippen LogP contribution in [0.2, 0.25) is 0 Å². The summed E-state index contributed by atoms with van der Waals surface area (Å²) in [5.74, 6) is -0.157. The second-order valence-corrected chi connectivity index (χ2v) is 6.20. The number of hydrogen-bond donors (Lipinski definition) is 1. The molecule has 104 valence electrons. The van der Waals surface area contributed by atoms with Gasteiger partial charge >= 0.3 is 0 Å². The third-order valence-electron chi connectivity index (χ3n) is 2.36. The second-order valence-electron chi connectivity index (χ2n) is 4.33. The van der Waals surface area contributed by atoms with E-state index in [4.69, 9.17) is 10.00 Å². The SMILES string of the molecule is CC(C)OCCS(=O)(=O)NC(C#N)c1ccccc1. The van der Waals surface area contributed by atoms with Gasteiger partial charge in [0.2, 0.25) is 10.0 Å². The number of ether oxygens (including phenoxy) is 1. The Hall–Kier alpha value is -1.42. The van der Waals surface area contributed by atoms with Crippen molar-refractivity contribution in [3.05, 3.63) is 35.9 Å². The normalized spacial score (nSPS) is 13.2. The summed E-state index contributed by atoms with van der Waals surface area (Å²) in [6.07, 6.45) is -0.0175. The van der Waals surface area contributed by atoms with Gasteiger partial charge in [0.25, 0.3) is 0 Å². The van der Waals surface area contributed by atoms with E-state index < -0.39 is 16.1 Å². The van der Waals surface area contributed by atoms with E-state index in [0.717, 1.165) is 0 Å². The molecular weight excluding hydrogens is 264 g/mol. The molecule has 0 aliphatic carbocycles. The first-order chi connectivity index (χ1) is 8.94. The standard InChI is InChI=1S/C13H18N2O3S/c1-11(2)18-8-9-19(16,17)15-13(10-14)12-6-4-3-5-7-12/h3-7,11,13,15H,8-9H2,1-2H3. The molecule has 0 bridgehead atoms. The van der Waals surface area contributed by atoms with Gasteiger partial charge in [-0.3, -0.25) is 0 Å². The summed E-state index contributed by atoms with van der Waals surface area (Å²) in [4.78, 5) is 0. The molecule has 0 fully saturated rings. The van der Waals surface area contributed by atoms with Crippen molar-refractivity contribution < 1.29 is 13.2 Å². The summed E-state index contributed by atoms with van der Waals surface area (Å²) in [6, 6.07) is 9.82. The number of benzene rings is 1. The van der Waals surface area contributed by atoms with E-state index in [1.165, 1.54) is 0 Å². The molecule has 5 nitrogen and oxygen atoms in total. The van der Waals surface area contributed by atoms with Crippen molar-refractivity contribution >= 4 is 10.0 Å². The van der Waals surface area contributed by atoms with E-state index in [1.54, 1.807) is 24.3 Å². The Labute approximate surface area is 114 Å². The first-order valence-corrected chi connectivity index (χ1v) is 7.66. The number of sulfonamides is 1. The van der Waals surface area contributed by atoms with Crippen LogP contribution in [0.1, 0.15) is 25.5 Å². The van der Waals surface area contributed by atoms with Crippen LogP contribution in [0.5, 0.6) is 0 Å². The van der Waals surface area contributed by atoms with E-state index >= 15 is 0 Å². The van der Waals surface area contributed by atoms with E-state index in [9.17, 15) is 8.42 Å². The summed E-state index contributed by atoms with van der Waals surface area (Å²) < 4.78 is 31.2. The van der Waals surface area contributed by atoms with Gasteiger partial charge in [-0.15, -0.1) is 0 Å². The van der Waals surface area contributed by atoms with Crippen LogP contribution in [0.25, 0.3) is 0 Å². The maximum Gasteiger partial charge on any atom is 0.215 e. The fourth-order valence-corrected chi connectivity index (χ4v) is 2.43. The average Bonchev–Trinajstić information content (AvgIpc) is 2.36. The van der Waals surface area contributed by atoms with Gasteiger partial charge in [-0.25, -0.2) is 8.42 Å². The molecule has 0 spiro atoms. The number of hydrogen-bond acceptors (Lipinski definition) is 4. The Kier molecular flexibility index (Phi) is 5.96. The van der Waals surface area contributed by atoms with E-state index in [-0.39, 0.29) is 18.5 Å². The highest BCUT2D eigenvalue weighted by Gasteiger charge is 2.18. The van der Waals surface area contributed by atoms with Gasteiger partial charge in [-0.05, 0) is 19.4 Å². The molecular formula is C13H18N2O3S. The molecule has 0 heterocycles. The summed E-state index contributed by atoms with van der Waals surface area (Å²) in [5, 5.41) is 9.05. The fraction of sp³-hybridized carbons (Fsp3) is 0.462. The van der Waals surface area contributed by atoms with Crippen LogP contribution < -0.4 is 4.72 Å². The molecule has 1 rings (SSSR count). The van der Waals surface area contributed by atoms with Crippen molar-refractivity contribution in [3.8, 4) is 6.07 Å². The Morgan fingerprint density at radius 1 is 1.32 bits per heavy atom. The smallest absolute Gasteiger partial charge is 0.215 e. The lowest BCUT2D eigenvalue weighted by molar-refractivity contribution is 0.0911. The minimum Gasteiger partial charge on any atom is -0.378 e. The minimum atomic E-state index is -3.53. The molecule has 1 N–H and O–H groups in total. The van der Waals surface area contributed by atoms with Crippen LogP contribution in [0, 0.1) is 11.3 Å². The van der Waals surface area contributed by atoms with Gasteiger partial charge in [0, 0.05) is 0 Å². The number of nitrogens with zero attached hydrogens (tertiary/aromatic N) is 1. The lowest BCUT2D eigenvalue weighted by Crippen LogP contribution is -2.31. The highest BCUT2D eigenvalue weighted by Crippen LogP contribution is 2.12. The summed E-state index contributed by atoms with van der Waals surface area (Å²) in [7, 11) is -3.53. The fourth-order valence-electron chi connectivity index (χ4n) is 1.45. The molecule has 1 atom stereocenters. The average molecular weight is 282 g/mol. The Balaban J connectivity index is 2.63. The first-order valence-electron chi connectivity index (χ1n) is 6.01. The lowest BCUT2D eigenvalue weighted by Gasteiger charge is -2.13. The number of rotatable bonds is 7. The van der Waals surface area contributed by atoms with Gasteiger partial charge < -0.3 is 4.74 Å². The molecule has 1 aromatic carbocycles. The molecule has 0 aromatic heterocycles. The number of nitrogens with one attached hydrogen (secondary N) is 1. The van der Waals surface area contributed by atoms with Gasteiger partial charge in [-0.2, -0.15) is 9.98 Å². The zero-order valence-electron chi connectivity index (χ0n) is 11.0. The Morgan fingerprint density at radius 3 is 2.47 bits per heavy atom. The molecule has 1 unspecified atom stereocenters. The van der Waals surface area contributed by atoms with Crippen molar-refractivity contribution in [1.82, 2.24) is 4.72 Å². The van der Waals surface area contributed by atoms with Crippen molar-refractivity contribution in [1.29, 1.82) is 5.26 Å². The van der Waals surface area contributed by atoms with Crippen LogP contribution in [0.15, 0.2) is 30.3 Å². The van der Waals surface area contributed by atoms with Gasteiger partial charge in [-0.1, -0.05) is 30.3 Å². The highest BCUT2D eigenvalue weighted by atomic mass is 32.2. The minimum absolute atomic E-state index is 0.0175. The third-order valence-corrected chi connectivity index (χ3v) is 3.66. The molecule has 0 aliphatic rings. The maximum absolute atomic E-state index is 11.8. The highest BCUT2D eigenvalue weighted by molar-refractivity contribution is 7.89. The molecule has 0 radical (unpaired) electrons. The van der Waals surface area contributed by atoms with E-state index in [0.29, 0.717) is 5.56 Å². The summed E-state index contributed by atoms with van der Waals surface area (Å²) in [6.45, 7) is 3.78. The van der Waals surface area contributed by atoms with Crippen molar-refractivity contribution in [3.63, 3.8) is 0 Å². The van der Waals surface area contributed by atoms with Crippen LogP contribution >= 0.6 is 0 Å². The first kappa shape index (κ1) is 15.6. The van der Waals surface area contributed by atoms with Crippen LogP contribution in [-0.2, 0) is 14.8 Å². The molecule has 1 aromatic rings. The molecule has 0 amide bonds. The predicted molar refractivity (Wildman–Crippen MR) is 72.8 cm³/mol. The van der Waals surface area contributed by atoms with Gasteiger partial charge in [0.1, 0.15) is 6.04 Å². The quantitative estimate of drug-likeness (QED) is 0.823. The Morgan fingerprint density at radius 2 is 1.95 bits per heavy atom. The van der Waals surface area contributed by atoms with Crippen molar-refractivity contribution in [2.45, 2.75) is 26.0 Å². The van der Waals surface area contributed by atoms with Crippen LogP contribution in [0.3, 0.4) is 0 Å². The summed E-state index contributed by atoms with van der Waals surface area (Å²) in [5.41, 5.74) is 0.623. The summed E-state index contributed by atoms with van der Waals surface area (Å²) >= 11 is 0. The van der Waals surface area contributed by atoms with Crippen molar-refractivity contribution in [2.75, 3.05) is 12.4 Å². The lowest BCUT2D eigenvalue weighted by atomic mass is 10.1. The molecule has 6 heteroatoms. The zero-order valence-corrected chi connectivity index (χ0v) is 11.9. The van der Waals surface area contributed by atoms with Crippen LogP contribution in [-0.4, -0.2) is 26.9 Å². The second kappa shape index (κ2) is 7.24. The maximum atomic E-state index is 11.8. The van der Waals surface area contributed by atoms with Crippen LogP contribution in [0.4, 0.5) is 0 Å². The Bertz CT molecular complexity index is 521. The third kappa shape index (κ3) is 5.83. The van der Waals surface area contributed by atoms with E-state index in [2.05, 4.69) is 4.72 Å². The topological polar surface area (TPSA) is 79.2 Å².